The minimum atomic E-state index is -0.458. The number of carbonyl (C=O) groups excluding carboxylic acids is 1. The van der Waals surface area contributed by atoms with Crippen molar-refractivity contribution >= 4 is 5.97 Å². The third kappa shape index (κ3) is 4.10. The van der Waals surface area contributed by atoms with Gasteiger partial charge >= 0.3 is 5.97 Å². The van der Waals surface area contributed by atoms with Gasteiger partial charge < -0.3 is 9.47 Å². The molecule has 2 saturated heterocycles. The van der Waals surface area contributed by atoms with Gasteiger partial charge in [0, 0.05) is 17.9 Å². The molecule has 0 N–H and O–H groups in total. The third-order valence-corrected chi connectivity index (χ3v) is 6.54. The van der Waals surface area contributed by atoms with E-state index in [0.29, 0.717) is 18.4 Å². The van der Waals surface area contributed by atoms with Crippen molar-refractivity contribution in [1.29, 1.82) is 0 Å². The monoisotopic (exact) mass is 361 g/mol. The van der Waals surface area contributed by atoms with Crippen LogP contribution in [-0.2, 0) is 14.3 Å². The van der Waals surface area contributed by atoms with Gasteiger partial charge in [0.25, 0.3) is 0 Å². The molecule has 2 aliphatic heterocycles. The zero-order valence-electron chi connectivity index (χ0n) is 16.9. The largest absolute Gasteiger partial charge is 0.444 e. The van der Waals surface area contributed by atoms with Crippen LogP contribution in [0.15, 0.2) is 0 Å². The van der Waals surface area contributed by atoms with Crippen LogP contribution >= 0.6 is 0 Å². The first-order valence-electron chi connectivity index (χ1n) is 10.5. The van der Waals surface area contributed by atoms with E-state index in [1.807, 2.05) is 0 Å². The molecular weight excluding hydrogens is 326 g/mol. The summed E-state index contributed by atoms with van der Waals surface area (Å²) < 4.78 is 12.1. The van der Waals surface area contributed by atoms with Gasteiger partial charge in [-0.1, -0.05) is 51.4 Å². The first-order valence-corrected chi connectivity index (χ1v) is 10.5. The molecule has 5 atom stereocenters. The molecule has 26 heavy (non-hydrogen) atoms. The van der Waals surface area contributed by atoms with E-state index in [2.05, 4.69) is 44.4 Å². The van der Waals surface area contributed by atoms with Crippen LogP contribution < -0.4 is 0 Å². The molecule has 3 aliphatic rings. The van der Waals surface area contributed by atoms with E-state index >= 15 is 0 Å². The number of esters is 1. The van der Waals surface area contributed by atoms with Crippen molar-refractivity contribution in [2.75, 3.05) is 6.54 Å². The summed E-state index contributed by atoms with van der Waals surface area (Å²) in [6.45, 7) is 9.37. The van der Waals surface area contributed by atoms with Gasteiger partial charge in [0.05, 0.1) is 12.6 Å². The Bertz CT molecular complexity index is 561. The molecule has 0 amide bonds. The molecule has 3 rings (SSSR count). The van der Waals surface area contributed by atoms with Gasteiger partial charge in [0.15, 0.2) is 6.23 Å². The Morgan fingerprint density at radius 2 is 2.04 bits per heavy atom. The zero-order valence-corrected chi connectivity index (χ0v) is 16.9. The van der Waals surface area contributed by atoms with Crippen molar-refractivity contribution in [1.82, 2.24) is 4.90 Å². The second-order valence-electron chi connectivity index (χ2n) is 8.91. The summed E-state index contributed by atoms with van der Waals surface area (Å²) >= 11 is 0. The van der Waals surface area contributed by atoms with E-state index in [1.165, 1.54) is 32.1 Å². The predicted molar refractivity (Wildman–Crippen MR) is 102 cm³/mol. The summed E-state index contributed by atoms with van der Waals surface area (Å²) in [6, 6.07) is 0. The number of nitrogens with zero attached hydrogens (tertiary/aromatic N) is 1. The standard InChI is InChI=1S/C22H35NO3/c1-5-6-7-8-9-10-11-18-21-23(15-20(24)25-18)22(3,4)17-13-12-16(2)14-19(17)26-21/h16-19,21H,5-9,12-15H2,1-4H3/t16-,17-,18-,19-,21+/m1/s1. The molecule has 1 saturated carbocycles. The van der Waals surface area contributed by atoms with Crippen molar-refractivity contribution in [3.63, 3.8) is 0 Å². The molecule has 4 nitrogen and oxygen atoms in total. The Hall–Kier alpha value is -1.05. The summed E-state index contributed by atoms with van der Waals surface area (Å²) in [5.41, 5.74) is -0.0613. The fourth-order valence-electron chi connectivity index (χ4n) is 4.90. The summed E-state index contributed by atoms with van der Waals surface area (Å²) in [6.07, 6.45) is 8.78. The molecular formula is C22H35NO3. The van der Waals surface area contributed by atoms with Crippen molar-refractivity contribution in [3.05, 3.63) is 0 Å². The fraction of sp³-hybridized carbons (Fsp3) is 0.864. The average Bonchev–Trinajstić information content (AvgIpc) is 2.58. The fourth-order valence-corrected chi connectivity index (χ4v) is 4.90. The Labute approximate surface area is 159 Å². The molecule has 0 aromatic carbocycles. The van der Waals surface area contributed by atoms with Crippen LogP contribution in [0.4, 0.5) is 0 Å². The molecule has 0 spiro atoms. The maximum Gasteiger partial charge on any atom is 0.321 e. The van der Waals surface area contributed by atoms with Gasteiger partial charge in [-0.2, -0.15) is 0 Å². The second-order valence-corrected chi connectivity index (χ2v) is 8.91. The Kier molecular flexibility index (Phi) is 6.30. The van der Waals surface area contributed by atoms with Crippen molar-refractivity contribution in [3.8, 4) is 11.8 Å². The molecule has 146 valence electrons. The van der Waals surface area contributed by atoms with Gasteiger partial charge in [-0.05, 0) is 39.0 Å². The Morgan fingerprint density at radius 1 is 1.23 bits per heavy atom. The number of morpholine rings is 1. The lowest BCUT2D eigenvalue weighted by Gasteiger charge is -2.58. The summed E-state index contributed by atoms with van der Waals surface area (Å²) in [5.74, 6) is 7.46. The van der Waals surface area contributed by atoms with Crippen LogP contribution in [0.3, 0.4) is 0 Å². The smallest absolute Gasteiger partial charge is 0.321 e. The van der Waals surface area contributed by atoms with E-state index in [0.717, 1.165) is 19.3 Å². The van der Waals surface area contributed by atoms with E-state index in [-0.39, 0.29) is 23.8 Å². The van der Waals surface area contributed by atoms with Gasteiger partial charge in [0.2, 0.25) is 6.10 Å². The molecule has 0 radical (unpaired) electrons. The predicted octanol–water partition coefficient (Wildman–Crippen LogP) is 4.13. The number of fused-ring (bicyclic) bond motifs is 2. The summed E-state index contributed by atoms with van der Waals surface area (Å²) in [4.78, 5) is 14.4. The van der Waals surface area contributed by atoms with E-state index in [4.69, 9.17) is 9.47 Å². The average molecular weight is 362 g/mol. The Balaban J connectivity index is 1.72. The van der Waals surface area contributed by atoms with Crippen molar-refractivity contribution in [2.45, 2.75) is 103 Å². The van der Waals surface area contributed by atoms with Gasteiger partial charge in [-0.25, -0.2) is 0 Å². The van der Waals surface area contributed by atoms with E-state index in [1.54, 1.807) is 0 Å². The number of hydrogen-bond donors (Lipinski definition) is 0. The molecule has 0 aromatic rings. The number of unbranched alkanes of at least 4 members (excludes halogenated alkanes) is 4. The van der Waals surface area contributed by atoms with Crippen LogP contribution in [0.2, 0.25) is 0 Å². The quantitative estimate of drug-likeness (QED) is 0.429. The van der Waals surface area contributed by atoms with Gasteiger partial charge in [0.1, 0.15) is 0 Å². The van der Waals surface area contributed by atoms with Crippen LogP contribution in [0.5, 0.6) is 0 Å². The van der Waals surface area contributed by atoms with Crippen molar-refractivity contribution in [2.24, 2.45) is 11.8 Å². The molecule has 3 fully saturated rings. The molecule has 4 heteroatoms. The molecule has 0 unspecified atom stereocenters. The second kappa shape index (κ2) is 8.31. The van der Waals surface area contributed by atoms with E-state index in [9.17, 15) is 4.79 Å². The lowest BCUT2D eigenvalue weighted by molar-refractivity contribution is -0.271. The highest BCUT2D eigenvalue weighted by Gasteiger charge is 2.55. The topological polar surface area (TPSA) is 38.8 Å². The molecule has 0 aromatic heterocycles. The molecule has 1 aliphatic carbocycles. The normalized spacial score (nSPS) is 36.3. The first-order chi connectivity index (χ1) is 12.4. The highest BCUT2D eigenvalue weighted by Crippen LogP contribution is 2.46. The lowest BCUT2D eigenvalue weighted by Crippen LogP contribution is -2.70. The number of rotatable bonds is 4. The van der Waals surface area contributed by atoms with E-state index < -0.39 is 6.10 Å². The minimum Gasteiger partial charge on any atom is -0.444 e. The maximum absolute atomic E-state index is 12.2. The number of hydrogen-bond acceptors (Lipinski definition) is 4. The van der Waals surface area contributed by atoms with Gasteiger partial charge in [-0.15, -0.1) is 0 Å². The van der Waals surface area contributed by atoms with Gasteiger partial charge in [-0.3, -0.25) is 9.69 Å². The van der Waals surface area contributed by atoms with Crippen LogP contribution in [0.25, 0.3) is 0 Å². The molecule has 0 bridgehead atoms. The highest BCUT2D eigenvalue weighted by molar-refractivity contribution is 5.73. The number of ether oxygens (including phenoxy) is 2. The number of carbonyl (C=O) groups is 1. The van der Waals surface area contributed by atoms with Crippen LogP contribution in [0.1, 0.15) is 79.1 Å². The summed E-state index contributed by atoms with van der Waals surface area (Å²) in [7, 11) is 0. The zero-order chi connectivity index (χ0) is 18.7. The summed E-state index contributed by atoms with van der Waals surface area (Å²) in [5, 5.41) is 0. The Morgan fingerprint density at radius 3 is 2.81 bits per heavy atom. The minimum absolute atomic E-state index is 0.0613. The van der Waals surface area contributed by atoms with Crippen LogP contribution in [-0.4, -0.2) is 41.4 Å². The maximum atomic E-state index is 12.2. The lowest BCUT2D eigenvalue weighted by atomic mass is 9.69. The first kappa shape index (κ1) is 19.7. The molecule has 2 heterocycles. The van der Waals surface area contributed by atoms with Crippen LogP contribution in [0, 0.1) is 23.7 Å². The number of cyclic esters (lactones) is 1. The highest BCUT2D eigenvalue weighted by atomic mass is 16.6. The third-order valence-electron chi connectivity index (χ3n) is 6.54. The SMILES string of the molecule is CCCCCCC#C[C@H]1OC(=O)CN2[C@H]1O[C@@H]1C[C@H](C)CC[C@H]1C2(C)C. The van der Waals surface area contributed by atoms with Crippen molar-refractivity contribution < 1.29 is 14.3 Å².